The molecular weight excluding hydrogens is 318 g/mol. The number of aliphatic hydroxyl groups is 1. The largest absolute Gasteiger partial charge is 0.506 e. The lowest BCUT2D eigenvalue weighted by molar-refractivity contribution is -0.132. The molecule has 2 aromatic rings. The van der Waals surface area contributed by atoms with Crippen molar-refractivity contribution in [3.05, 3.63) is 70.3 Å². The van der Waals surface area contributed by atoms with E-state index in [-0.39, 0.29) is 16.8 Å². The Morgan fingerprint density at radius 2 is 1.61 bits per heavy atom. The molecule has 23 heavy (non-hydrogen) atoms. The number of aliphatic imine (C=N–C) groups is 1. The minimum Gasteiger partial charge on any atom is -0.506 e. The summed E-state index contributed by atoms with van der Waals surface area (Å²) in [6.07, 6.45) is 0. The Morgan fingerprint density at radius 1 is 1.00 bits per heavy atom. The number of aliphatic carboxylic acids is 1. The van der Waals surface area contributed by atoms with E-state index in [1.54, 1.807) is 36.4 Å². The number of ketones is 1. The molecule has 0 fully saturated rings. The lowest BCUT2D eigenvalue weighted by atomic mass is 9.87. The highest BCUT2D eigenvalue weighted by molar-refractivity contribution is 6.59. The summed E-state index contributed by atoms with van der Waals surface area (Å²) in [7, 11) is 0. The second-order valence-corrected chi connectivity index (χ2v) is 5.28. The predicted octanol–water partition coefficient (Wildman–Crippen LogP) is 3.66. The van der Waals surface area contributed by atoms with E-state index in [1.165, 1.54) is 12.1 Å². The molecule has 2 N–H and O–H groups in total. The molecule has 6 heteroatoms. The number of hydrogen-bond acceptors (Lipinski definition) is 4. The Bertz CT molecular complexity index is 882. The standard InChI is InChI=1S/C17H10ClNO4/c18-9-5-7-10(8-6-9)19-14-13(17(22)23)15(20)11-3-1-2-4-12(11)16(14)21/h1-8,20H,(H,22,23). The smallest absolute Gasteiger partial charge is 0.341 e. The second kappa shape index (κ2) is 5.70. The Balaban J connectivity index is 2.24. The lowest BCUT2D eigenvalue weighted by Gasteiger charge is -2.18. The third-order valence-electron chi connectivity index (χ3n) is 3.40. The summed E-state index contributed by atoms with van der Waals surface area (Å²) < 4.78 is 0. The van der Waals surface area contributed by atoms with Crippen LogP contribution in [0.2, 0.25) is 5.02 Å². The molecule has 3 rings (SSSR count). The van der Waals surface area contributed by atoms with Crippen molar-refractivity contribution < 1.29 is 19.8 Å². The number of rotatable bonds is 2. The highest BCUT2D eigenvalue weighted by Crippen LogP contribution is 2.30. The first kappa shape index (κ1) is 15.0. The lowest BCUT2D eigenvalue weighted by Crippen LogP contribution is -2.28. The van der Waals surface area contributed by atoms with Gasteiger partial charge in [0.25, 0.3) is 0 Å². The number of carbonyl (C=O) groups excluding carboxylic acids is 1. The van der Waals surface area contributed by atoms with Gasteiger partial charge in [-0.25, -0.2) is 9.79 Å². The van der Waals surface area contributed by atoms with Gasteiger partial charge in [-0.05, 0) is 24.3 Å². The van der Waals surface area contributed by atoms with E-state index in [9.17, 15) is 19.8 Å². The van der Waals surface area contributed by atoms with Crippen molar-refractivity contribution in [3.63, 3.8) is 0 Å². The van der Waals surface area contributed by atoms with Gasteiger partial charge in [-0.15, -0.1) is 0 Å². The molecule has 1 aliphatic rings. The van der Waals surface area contributed by atoms with Gasteiger partial charge in [0.2, 0.25) is 5.78 Å². The molecule has 0 aliphatic heterocycles. The molecule has 0 spiro atoms. The summed E-state index contributed by atoms with van der Waals surface area (Å²) in [5, 5.41) is 20.1. The van der Waals surface area contributed by atoms with Crippen LogP contribution in [0.4, 0.5) is 5.69 Å². The van der Waals surface area contributed by atoms with Gasteiger partial charge in [0.05, 0.1) is 5.69 Å². The van der Waals surface area contributed by atoms with Crippen LogP contribution in [-0.4, -0.2) is 27.7 Å². The third-order valence-corrected chi connectivity index (χ3v) is 3.65. The Kier molecular flexibility index (Phi) is 3.72. The fraction of sp³-hybridized carbons (Fsp3) is 0. The van der Waals surface area contributed by atoms with E-state index in [0.29, 0.717) is 10.7 Å². The number of benzene rings is 2. The third kappa shape index (κ3) is 2.62. The summed E-state index contributed by atoms with van der Waals surface area (Å²) in [6.45, 7) is 0. The maximum absolute atomic E-state index is 12.6. The van der Waals surface area contributed by atoms with Crippen LogP contribution in [0.3, 0.4) is 0 Å². The first-order chi connectivity index (χ1) is 11.0. The maximum atomic E-state index is 12.6. The van der Waals surface area contributed by atoms with E-state index in [1.807, 2.05) is 0 Å². The van der Waals surface area contributed by atoms with E-state index in [4.69, 9.17) is 11.6 Å². The van der Waals surface area contributed by atoms with Crippen molar-refractivity contribution in [2.24, 2.45) is 4.99 Å². The van der Waals surface area contributed by atoms with Crippen LogP contribution in [-0.2, 0) is 4.79 Å². The quantitative estimate of drug-likeness (QED) is 0.881. The van der Waals surface area contributed by atoms with E-state index < -0.39 is 23.1 Å². The van der Waals surface area contributed by atoms with Crippen LogP contribution in [0.5, 0.6) is 0 Å². The maximum Gasteiger partial charge on any atom is 0.341 e. The number of carboxylic acid groups (broad SMARTS) is 1. The van der Waals surface area contributed by atoms with E-state index >= 15 is 0 Å². The van der Waals surface area contributed by atoms with Gasteiger partial charge in [0.15, 0.2) is 0 Å². The molecule has 1 aliphatic carbocycles. The zero-order chi connectivity index (χ0) is 16.6. The van der Waals surface area contributed by atoms with E-state index in [0.717, 1.165) is 0 Å². The van der Waals surface area contributed by atoms with Crippen LogP contribution in [0.25, 0.3) is 5.76 Å². The van der Waals surface area contributed by atoms with Gasteiger partial charge in [-0.1, -0.05) is 35.9 Å². The molecular formula is C17H10ClNO4. The monoisotopic (exact) mass is 327 g/mol. The fourth-order valence-corrected chi connectivity index (χ4v) is 2.46. The van der Waals surface area contributed by atoms with Crippen LogP contribution < -0.4 is 0 Å². The van der Waals surface area contributed by atoms with Crippen LogP contribution >= 0.6 is 11.6 Å². The minimum atomic E-state index is -1.42. The average molecular weight is 328 g/mol. The summed E-state index contributed by atoms with van der Waals surface area (Å²) >= 11 is 5.79. The first-order valence-corrected chi connectivity index (χ1v) is 7.02. The van der Waals surface area contributed by atoms with Gasteiger partial charge in [-0.3, -0.25) is 4.79 Å². The number of halogens is 1. The SMILES string of the molecule is O=C(O)C1=C(O)c2ccccc2C(=O)C1=Nc1ccc(Cl)cc1. The molecule has 0 saturated carbocycles. The van der Waals surface area contributed by atoms with Gasteiger partial charge in [-0.2, -0.15) is 0 Å². The molecule has 0 heterocycles. The number of Topliss-reactive ketones (excluding diaryl/α,β-unsaturated/α-hetero) is 1. The predicted molar refractivity (Wildman–Crippen MR) is 86.5 cm³/mol. The summed E-state index contributed by atoms with van der Waals surface area (Å²) in [4.78, 5) is 28.2. The topological polar surface area (TPSA) is 87.0 Å². The molecule has 0 radical (unpaired) electrons. The highest BCUT2D eigenvalue weighted by Gasteiger charge is 2.34. The van der Waals surface area contributed by atoms with Crippen molar-refractivity contribution in [2.45, 2.75) is 0 Å². The summed E-state index contributed by atoms with van der Waals surface area (Å²) in [5.74, 6) is -2.44. The number of fused-ring (bicyclic) bond motifs is 1. The molecule has 0 saturated heterocycles. The molecule has 0 unspecified atom stereocenters. The molecule has 0 amide bonds. The number of nitrogens with zero attached hydrogens (tertiary/aromatic N) is 1. The molecule has 0 aromatic heterocycles. The first-order valence-electron chi connectivity index (χ1n) is 6.64. The van der Waals surface area contributed by atoms with Crippen molar-refractivity contribution >= 4 is 40.5 Å². The Hall–Kier alpha value is -2.92. The van der Waals surface area contributed by atoms with Gasteiger partial charge >= 0.3 is 5.97 Å². The summed E-state index contributed by atoms with van der Waals surface area (Å²) in [6, 6.07) is 12.5. The summed E-state index contributed by atoms with van der Waals surface area (Å²) in [5.41, 5.74) is -0.0592. The number of hydrogen-bond donors (Lipinski definition) is 2. The molecule has 114 valence electrons. The number of carbonyl (C=O) groups is 2. The Morgan fingerprint density at radius 3 is 2.22 bits per heavy atom. The molecule has 5 nitrogen and oxygen atoms in total. The molecule has 0 bridgehead atoms. The molecule has 0 atom stereocenters. The number of aliphatic hydroxyl groups excluding tert-OH is 1. The van der Waals surface area contributed by atoms with Crippen molar-refractivity contribution in [1.29, 1.82) is 0 Å². The second-order valence-electron chi connectivity index (χ2n) is 4.84. The van der Waals surface area contributed by atoms with Gasteiger partial charge < -0.3 is 10.2 Å². The normalized spacial score (nSPS) is 15.7. The van der Waals surface area contributed by atoms with Crippen LogP contribution in [0.1, 0.15) is 15.9 Å². The fourth-order valence-electron chi connectivity index (χ4n) is 2.33. The highest BCUT2D eigenvalue weighted by atomic mass is 35.5. The Labute approximate surface area is 136 Å². The van der Waals surface area contributed by atoms with Gasteiger partial charge in [0.1, 0.15) is 17.0 Å². The average Bonchev–Trinajstić information content (AvgIpc) is 2.54. The van der Waals surface area contributed by atoms with Crippen molar-refractivity contribution in [2.75, 3.05) is 0 Å². The van der Waals surface area contributed by atoms with Crippen LogP contribution in [0, 0.1) is 0 Å². The van der Waals surface area contributed by atoms with Crippen molar-refractivity contribution in [1.82, 2.24) is 0 Å². The minimum absolute atomic E-state index is 0.185. The van der Waals surface area contributed by atoms with Gasteiger partial charge in [0, 0.05) is 16.1 Å². The van der Waals surface area contributed by atoms with E-state index in [2.05, 4.69) is 4.99 Å². The molecule has 2 aromatic carbocycles. The van der Waals surface area contributed by atoms with Crippen molar-refractivity contribution in [3.8, 4) is 0 Å². The number of carboxylic acids is 1. The zero-order valence-electron chi connectivity index (χ0n) is 11.7. The zero-order valence-corrected chi connectivity index (χ0v) is 12.4. The van der Waals surface area contributed by atoms with Crippen LogP contribution in [0.15, 0.2) is 59.1 Å².